The lowest BCUT2D eigenvalue weighted by molar-refractivity contribution is -0.129. The van der Waals surface area contributed by atoms with Crippen molar-refractivity contribution in [3.8, 4) is 0 Å². The minimum absolute atomic E-state index is 0.204. The number of likely N-dealkylation sites (tertiary alicyclic amines) is 1. The van der Waals surface area contributed by atoms with Gasteiger partial charge in [-0.3, -0.25) is 4.79 Å². The second-order valence-electron chi connectivity index (χ2n) is 5.56. The van der Waals surface area contributed by atoms with Crippen LogP contribution in [0.2, 0.25) is 0 Å². The molecular formula is C14H28N2O2. The molecule has 1 amide bonds. The van der Waals surface area contributed by atoms with E-state index in [4.69, 9.17) is 4.74 Å². The van der Waals surface area contributed by atoms with E-state index in [2.05, 4.69) is 19.2 Å². The molecule has 0 aromatic heterocycles. The van der Waals surface area contributed by atoms with Crippen molar-refractivity contribution in [2.75, 3.05) is 32.8 Å². The molecule has 0 aromatic rings. The quantitative estimate of drug-likeness (QED) is 0.704. The summed E-state index contributed by atoms with van der Waals surface area (Å²) in [6, 6.07) is 0.575. The molecule has 18 heavy (non-hydrogen) atoms. The van der Waals surface area contributed by atoms with Gasteiger partial charge in [0.05, 0.1) is 0 Å². The van der Waals surface area contributed by atoms with Crippen molar-refractivity contribution in [3.05, 3.63) is 0 Å². The number of carbonyl (C=O) groups is 1. The summed E-state index contributed by atoms with van der Waals surface area (Å²) in [6.07, 6.45) is 3.22. The minimum atomic E-state index is 0.204. The average molecular weight is 256 g/mol. The van der Waals surface area contributed by atoms with Gasteiger partial charge in [-0.15, -0.1) is 0 Å². The lowest BCUT2D eigenvalue weighted by Crippen LogP contribution is -2.44. The second-order valence-corrected chi connectivity index (χ2v) is 5.56. The summed E-state index contributed by atoms with van der Waals surface area (Å²) in [5.41, 5.74) is 0. The van der Waals surface area contributed by atoms with Gasteiger partial charge in [-0.2, -0.15) is 0 Å². The average Bonchev–Trinajstić information content (AvgIpc) is 2.34. The molecule has 0 aromatic carbocycles. The Morgan fingerprint density at radius 3 is 2.61 bits per heavy atom. The van der Waals surface area contributed by atoms with E-state index < -0.39 is 0 Å². The van der Waals surface area contributed by atoms with E-state index in [-0.39, 0.29) is 5.91 Å². The Morgan fingerprint density at radius 2 is 2.06 bits per heavy atom. The van der Waals surface area contributed by atoms with Crippen molar-refractivity contribution in [2.45, 2.75) is 46.1 Å². The first-order chi connectivity index (χ1) is 8.59. The van der Waals surface area contributed by atoms with Gasteiger partial charge >= 0.3 is 0 Å². The third-order valence-electron chi connectivity index (χ3n) is 3.29. The first-order valence-electron chi connectivity index (χ1n) is 7.16. The molecule has 4 nitrogen and oxygen atoms in total. The van der Waals surface area contributed by atoms with Crippen molar-refractivity contribution in [2.24, 2.45) is 5.92 Å². The highest BCUT2D eigenvalue weighted by molar-refractivity contribution is 5.73. The highest BCUT2D eigenvalue weighted by Gasteiger charge is 2.19. The number of rotatable bonds is 7. The molecule has 0 bridgehead atoms. The molecule has 4 heteroatoms. The number of hydrogen-bond donors (Lipinski definition) is 1. The molecule has 0 radical (unpaired) electrons. The molecule has 106 valence electrons. The van der Waals surface area contributed by atoms with E-state index in [1.54, 1.807) is 6.92 Å². The minimum Gasteiger partial charge on any atom is -0.381 e. The predicted molar refractivity (Wildman–Crippen MR) is 73.6 cm³/mol. The monoisotopic (exact) mass is 256 g/mol. The largest absolute Gasteiger partial charge is 0.381 e. The Morgan fingerprint density at radius 1 is 1.39 bits per heavy atom. The number of ether oxygens (including phenoxy) is 1. The van der Waals surface area contributed by atoms with Crippen molar-refractivity contribution < 1.29 is 9.53 Å². The number of nitrogens with zero attached hydrogens (tertiary/aromatic N) is 1. The van der Waals surface area contributed by atoms with Crippen LogP contribution in [0.15, 0.2) is 0 Å². The maximum Gasteiger partial charge on any atom is 0.219 e. The summed E-state index contributed by atoms with van der Waals surface area (Å²) in [5, 5.41) is 3.55. The summed E-state index contributed by atoms with van der Waals surface area (Å²) < 4.78 is 5.54. The van der Waals surface area contributed by atoms with Gasteiger partial charge in [0.2, 0.25) is 5.91 Å². The van der Waals surface area contributed by atoms with E-state index in [1.165, 1.54) is 0 Å². The fourth-order valence-electron chi connectivity index (χ4n) is 2.20. The highest BCUT2D eigenvalue weighted by atomic mass is 16.5. The van der Waals surface area contributed by atoms with Crippen LogP contribution in [0.25, 0.3) is 0 Å². The van der Waals surface area contributed by atoms with Gasteiger partial charge in [-0.25, -0.2) is 0 Å². The molecule has 1 saturated heterocycles. The Labute approximate surface area is 111 Å². The first kappa shape index (κ1) is 15.4. The van der Waals surface area contributed by atoms with Crippen LogP contribution in [0.5, 0.6) is 0 Å². The number of piperidine rings is 1. The van der Waals surface area contributed by atoms with Gasteiger partial charge in [0.15, 0.2) is 0 Å². The standard InChI is InChI=1S/C14H28N2O2/c1-12(2)11-18-10-4-7-15-14-5-8-16(9-6-14)13(3)17/h12,14-15H,4-11H2,1-3H3. The van der Waals surface area contributed by atoms with Crippen molar-refractivity contribution >= 4 is 5.91 Å². The van der Waals surface area contributed by atoms with Crippen LogP contribution in [-0.2, 0) is 9.53 Å². The van der Waals surface area contributed by atoms with Crippen LogP contribution in [0.4, 0.5) is 0 Å². The summed E-state index contributed by atoms with van der Waals surface area (Å²) >= 11 is 0. The van der Waals surface area contributed by atoms with E-state index in [0.29, 0.717) is 12.0 Å². The Bertz CT molecular complexity index is 236. The molecule has 0 spiro atoms. The maximum absolute atomic E-state index is 11.2. The zero-order valence-electron chi connectivity index (χ0n) is 12.1. The SMILES string of the molecule is CC(=O)N1CCC(NCCCOCC(C)C)CC1. The second kappa shape index (κ2) is 8.48. The van der Waals surface area contributed by atoms with Gasteiger partial charge in [0.25, 0.3) is 0 Å². The fourth-order valence-corrected chi connectivity index (χ4v) is 2.20. The van der Waals surface area contributed by atoms with Crippen LogP contribution in [0.3, 0.4) is 0 Å². The van der Waals surface area contributed by atoms with Gasteiger partial charge in [-0.05, 0) is 31.7 Å². The molecule has 0 unspecified atom stereocenters. The summed E-state index contributed by atoms with van der Waals surface area (Å²) in [4.78, 5) is 13.1. The molecule has 1 aliphatic heterocycles. The number of carbonyl (C=O) groups excluding carboxylic acids is 1. The molecule has 1 N–H and O–H groups in total. The maximum atomic E-state index is 11.2. The van der Waals surface area contributed by atoms with Crippen molar-refractivity contribution in [1.82, 2.24) is 10.2 Å². The van der Waals surface area contributed by atoms with Crippen LogP contribution in [0.1, 0.15) is 40.0 Å². The zero-order chi connectivity index (χ0) is 13.4. The van der Waals surface area contributed by atoms with Crippen LogP contribution in [0, 0.1) is 5.92 Å². The van der Waals surface area contributed by atoms with E-state index in [9.17, 15) is 4.79 Å². The molecule has 1 aliphatic rings. The molecular weight excluding hydrogens is 228 g/mol. The number of nitrogens with one attached hydrogen (secondary N) is 1. The summed E-state index contributed by atoms with van der Waals surface area (Å²) in [6.45, 7) is 10.5. The first-order valence-corrected chi connectivity index (χ1v) is 7.16. The van der Waals surface area contributed by atoms with Crippen LogP contribution >= 0.6 is 0 Å². The molecule has 0 saturated carbocycles. The van der Waals surface area contributed by atoms with Gasteiger partial charge < -0.3 is 15.0 Å². The lowest BCUT2D eigenvalue weighted by Gasteiger charge is -2.31. The third kappa shape index (κ3) is 6.36. The number of amides is 1. The van der Waals surface area contributed by atoms with Gasteiger partial charge in [-0.1, -0.05) is 13.8 Å². The van der Waals surface area contributed by atoms with E-state index in [0.717, 1.165) is 52.1 Å². The van der Waals surface area contributed by atoms with Crippen molar-refractivity contribution in [1.29, 1.82) is 0 Å². The summed E-state index contributed by atoms with van der Waals surface area (Å²) in [5.74, 6) is 0.824. The molecule has 1 fully saturated rings. The topological polar surface area (TPSA) is 41.6 Å². The zero-order valence-corrected chi connectivity index (χ0v) is 12.1. The van der Waals surface area contributed by atoms with E-state index in [1.807, 2.05) is 4.90 Å². The van der Waals surface area contributed by atoms with Crippen LogP contribution < -0.4 is 5.32 Å². The molecule has 0 atom stereocenters. The highest BCUT2D eigenvalue weighted by Crippen LogP contribution is 2.10. The fraction of sp³-hybridized carbons (Fsp3) is 0.929. The predicted octanol–water partition coefficient (Wildman–Crippen LogP) is 1.65. The summed E-state index contributed by atoms with van der Waals surface area (Å²) in [7, 11) is 0. The van der Waals surface area contributed by atoms with Gasteiger partial charge in [0.1, 0.15) is 0 Å². The van der Waals surface area contributed by atoms with Crippen LogP contribution in [-0.4, -0.2) is 49.7 Å². The lowest BCUT2D eigenvalue weighted by atomic mass is 10.1. The molecule has 1 heterocycles. The Balaban J connectivity index is 1.96. The van der Waals surface area contributed by atoms with Gasteiger partial charge in [0, 0.05) is 39.3 Å². The Kier molecular flexibility index (Phi) is 7.28. The van der Waals surface area contributed by atoms with Crippen molar-refractivity contribution in [3.63, 3.8) is 0 Å². The van der Waals surface area contributed by atoms with E-state index >= 15 is 0 Å². The normalized spacial score (nSPS) is 17.4. The molecule has 0 aliphatic carbocycles. The third-order valence-corrected chi connectivity index (χ3v) is 3.29. The molecule has 1 rings (SSSR count). The smallest absolute Gasteiger partial charge is 0.219 e. The number of hydrogen-bond acceptors (Lipinski definition) is 3. The Hall–Kier alpha value is -0.610.